The van der Waals surface area contributed by atoms with Gasteiger partial charge in [0, 0.05) is 32.2 Å². The van der Waals surface area contributed by atoms with Gasteiger partial charge in [0.2, 0.25) is 0 Å². The van der Waals surface area contributed by atoms with E-state index in [1.807, 2.05) is 6.92 Å². The minimum absolute atomic E-state index is 0. The number of hydrogen-bond donors (Lipinski definition) is 1. The molecule has 1 aromatic carbocycles. The monoisotopic (exact) mass is 367 g/mol. The number of benzene rings is 1. The van der Waals surface area contributed by atoms with E-state index in [2.05, 4.69) is 10.2 Å². The van der Waals surface area contributed by atoms with E-state index in [-0.39, 0.29) is 41.5 Å². The molecule has 9 heteroatoms. The molecule has 1 fully saturated rings. The van der Waals surface area contributed by atoms with Gasteiger partial charge in [-0.25, -0.2) is 0 Å². The SMILES string of the molecule is COc1cc([C@H](C)N2CCNCC2)c([N+](=O)[O-])cc1OC.Cl.Cl. The van der Waals surface area contributed by atoms with Crippen LogP contribution < -0.4 is 14.8 Å². The molecule has 1 aromatic rings. The maximum atomic E-state index is 11.4. The van der Waals surface area contributed by atoms with Crippen LogP contribution in [0.2, 0.25) is 0 Å². The molecule has 1 aliphatic heterocycles. The fourth-order valence-electron chi connectivity index (χ4n) is 2.64. The van der Waals surface area contributed by atoms with Crippen LogP contribution in [0.3, 0.4) is 0 Å². The van der Waals surface area contributed by atoms with Gasteiger partial charge in [-0.3, -0.25) is 15.0 Å². The van der Waals surface area contributed by atoms with Gasteiger partial charge in [-0.1, -0.05) is 0 Å². The third-order valence-corrected chi connectivity index (χ3v) is 3.88. The van der Waals surface area contributed by atoms with Crippen molar-refractivity contribution in [1.82, 2.24) is 10.2 Å². The van der Waals surface area contributed by atoms with Crippen LogP contribution in [0.25, 0.3) is 0 Å². The molecule has 0 radical (unpaired) electrons. The van der Waals surface area contributed by atoms with Crippen LogP contribution in [0.4, 0.5) is 5.69 Å². The highest BCUT2D eigenvalue weighted by atomic mass is 35.5. The fraction of sp³-hybridized carbons (Fsp3) is 0.571. The van der Waals surface area contributed by atoms with E-state index in [4.69, 9.17) is 9.47 Å². The highest BCUT2D eigenvalue weighted by Gasteiger charge is 2.27. The molecule has 0 saturated carbocycles. The summed E-state index contributed by atoms with van der Waals surface area (Å²) in [6, 6.07) is 3.10. The van der Waals surface area contributed by atoms with Crippen LogP contribution >= 0.6 is 24.8 Å². The predicted molar refractivity (Wildman–Crippen MR) is 93.6 cm³/mol. The van der Waals surface area contributed by atoms with Crippen molar-refractivity contribution in [2.45, 2.75) is 13.0 Å². The van der Waals surface area contributed by atoms with E-state index in [1.165, 1.54) is 20.3 Å². The lowest BCUT2D eigenvalue weighted by molar-refractivity contribution is -0.386. The summed E-state index contributed by atoms with van der Waals surface area (Å²) in [5.74, 6) is 0.889. The number of piperazine rings is 1. The topological polar surface area (TPSA) is 76.9 Å². The number of halogens is 2. The fourth-order valence-corrected chi connectivity index (χ4v) is 2.64. The summed E-state index contributed by atoms with van der Waals surface area (Å²) in [5.41, 5.74) is 0.721. The molecule has 132 valence electrons. The van der Waals surface area contributed by atoms with Gasteiger partial charge in [-0.05, 0) is 13.0 Å². The minimum Gasteiger partial charge on any atom is -0.493 e. The van der Waals surface area contributed by atoms with Gasteiger partial charge in [0.05, 0.1) is 30.8 Å². The average Bonchev–Trinajstić information content (AvgIpc) is 2.53. The first-order valence-electron chi connectivity index (χ1n) is 6.93. The summed E-state index contributed by atoms with van der Waals surface area (Å²) in [6.45, 7) is 5.51. The van der Waals surface area contributed by atoms with Crippen molar-refractivity contribution in [2.75, 3.05) is 40.4 Å². The average molecular weight is 368 g/mol. The third kappa shape index (κ3) is 4.84. The molecule has 1 N–H and O–H groups in total. The van der Waals surface area contributed by atoms with Gasteiger partial charge in [-0.2, -0.15) is 0 Å². The van der Waals surface area contributed by atoms with Gasteiger partial charge < -0.3 is 14.8 Å². The summed E-state index contributed by atoms with van der Waals surface area (Å²) in [5, 5.41) is 14.6. The summed E-state index contributed by atoms with van der Waals surface area (Å²) in [4.78, 5) is 13.2. The van der Waals surface area contributed by atoms with Gasteiger partial charge in [0.15, 0.2) is 11.5 Å². The number of nitrogens with one attached hydrogen (secondary N) is 1. The maximum absolute atomic E-state index is 11.4. The molecule has 0 aliphatic carbocycles. The quantitative estimate of drug-likeness (QED) is 0.636. The maximum Gasteiger partial charge on any atom is 0.278 e. The Balaban J connectivity index is 0.00000242. The molecule has 0 aromatic heterocycles. The summed E-state index contributed by atoms with van der Waals surface area (Å²) in [7, 11) is 3.00. The Hall–Kier alpha value is -1.28. The predicted octanol–water partition coefficient (Wildman–Crippen LogP) is 2.42. The van der Waals surface area contributed by atoms with Crippen molar-refractivity contribution < 1.29 is 14.4 Å². The zero-order chi connectivity index (χ0) is 15.4. The van der Waals surface area contributed by atoms with Crippen LogP contribution in [0.15, 0.2) is 12.1 Å². The summed E-state index contributed by atoms with van der Waals surface area (Å²) >= 11 is 0. The molecule has 2 rings (SSSR count). The number of nitro benzene ring substituents is 1. The Morgan fingerprint density at radius 1 is 1.17 bits per heavy atom. The second-order valence-electron chi connectivity index (χ2n) is 4.99. The van der Waals surface area contributed by atoms with E-state index in [0.29, 0.717) is 17.1 Å². The molecule has 0 amide bonds. The lowest BCUT2D eigenvalue weighted by Crippen LogP contribution is -2.44. The van der Waals surface area contributed by atoms with Crippen molar-refractivity contribution in [3.8, 4) is 11.5 Å². The minimum atomic E-state index is -0.365. The highest BCUT2D eigenvalue weighted by Crippen LogP contribution is 2.38. The largest absolute Gasteiger partial charge is 0.493 e. The summed E-state index contributed by atoms with van der Waals surface area (Å²) < 4.78 is 10.4. The van der Waals surface area contributed by atoms with E-state index >= 15 is 0 Å². The number of nitrogens with zero attached hydrogens (tertiary/aromatic N) is 2. The number of rotatable bonds is 5. The van der Waals surface area contributed by atoms with Gasteiger partial charge >= 0.3 is 0 Å². The molecule has 1 heterocycles. The van der Waals surface area contributed by atoms with Gasteiger partial charge in [0.1, 0.15) is 0 Å². The Kier molecular flexibility index (Phi) is 9.23. The van der Waals surface area contributed by atoms with Crippen molar-refractivity contribution in [1.29, 1.82) is 0 Å². The number of hydrogen-bond acceptors (Lipinski definition) is 6. The number of ether oxygens (including phenoxy) is 2. The van der Waals surface area contributed by atoms with Crippen LogP contribution in [-0.4, -0.2) is 50.2 Å². The van der Waals surface area contributed by atoms with Crippen molar-refractivity contribution in [2.24, 2.45) is 0 Å². The normalized spacial score (nSPS) is 15.8. The lowest BCUT2D eigenvalue weighted by atomic mass is 10.0. The molecule has 0 bridgehead atoms. The first-order valence-corrected chi connectivity index (χ1v) is 6.93. The molecule has 0 spiro atoms. The molecular formula is C14H23Cl2N3O4. The number of methoxy groups -OCH3 is 2. The Morgan fingerprint density at radius 2 is 1.70 bits per heavy atom. The third-order valence-electron chi connectivity index (χ3n) is 3.88. The zero-order valence-electron chi connectivity index (χ0n) is 13.4. The molecule has 1 atom stereocenters. The van der Waals surface area contributed by atoms with Crippen LogP contribution in [-0.2, 0) is 0 Å². The molecular weight excluding hydrogens is 345 g/mol. The van der Waals surface area contributed by atoms with Crippen molar-refractivity contribution in [3.05, 3.63) is 27.8 Å². The smallest absolute Gasteiger partial charge is 0.278 e. The van der Waals surface area contributed by atoms with Crippen LogP contribution in [0.1, 0.15) is 18.5 Å². The Labute approximate surface area is 148 Å². The van der Waals surface area contributed by atoms with Gasteiger partial charge in [-0.15, -0.1) is 24.8 Å². The van der Waals surface area contributed by atoms with Crippen LogP contribution in [0.5, 0.6) is 11.5 Å². The first-order chi connectivity index (χ1) is 10.1. The van der Waals surface area contributed by atoms with E-state index in [1.54, 1.807) is 6.07 Å². The molecule has 1 aliphatic rings. The van der Waals surface area contributed by atoms with Gasteiger partial charge in [0.25, 0.3) is 5.69 Å². The number of nitro groups is 1. The van der Waals surface area contributed by atoms with Crippen molar-refractivity contribution >= 4 is 30.5 Å². The second kappa shape index (κ2) is 9.77. The van der Waals surface area contributed by atoms with Crippen molar-refractivity contribution in [3.63, 3.8) is 0 Å². The van der Waals surface area contributed by atoms with E-state index in [9.17, 15) is 10.1 Å². The lowest BCUT2D eigenvalue weighted by Gasteiger charge is -2.33. The Morgan fingerprint density at radius 3 is 2.17 bits per heavy atom. The van der Waals surface area contributed by atoms with E-state index in [0.717, 1.165) is 26.2 Å². The molecule has 7 nitrogen and oxygen atoms in total. The summed E-state index contributed by atoms with van der Waals surface area (Å²) in [6.07, 6.45) is 0. The molecule has 0 unspecified atom stereocenters. The molecule has 23 heavy (non-hydrogen) atoms. The Bertz CT molecular complexity index is 525. The van der Waals surface area contributed by atoms with Crippen LogP contribution in [0, 0.1) is 10.1 Å². The molecule has 1 saturated heterocycles. The zero-order valence-corrected chi connectivity index (χ0v) is 15.0. The highest BCUT2D eigenvalue weighted by molar-refractivity contribution is 5.85. The first kappa shape index (κ1) is 21.7. The second-order valence-corrected chi connectivity index (χ2v) is 4.99. The standard InChI is InChI=1S/C14H21N3O4.2ClH/c1-10(16-6-4-15-5-7-16)11-8-13(20-2)14(21-3)9-12(11)17(18)19;;/h8-10,15H,4-7H2,1-3H3;2*1H/t10-;;/m0../s1. The van der Waals surface area contributed by atoms with E-state index < -0.39 is 0 Å².